The lowest BCUT2D eigenvalue weighted by Crippen LogP contribution is -2.48. The Balaban J connectivity index is 2.44. The highest BCUT2D eigenvalue weighted by atomic mass is 16.6. The highest BCUT2D eigenvalue weighted by Crippen LogP contribution is 2.19. The van der Waals surface area contributed by atoms with E-state index in [1.54, 1.807) is 4.90 Å². The molecule has 1 atom stereocenters. The summed E-state index contributed by atoms with van der Waals surface area (Å²) in [6.07, 6.45) is 3.08. The molecule has 18 heavy (non-hydrogen) atoms. The maximum absolute atomic E-state index is 11.9. The average Bonchev–Trinajstić information content (AvgIpc) is 2.42. The van der Waals surface area contributed by atoms with Gasteiger partial charge in [0.2, 0.25) is 5.91 Å². The van der Waals surface area contributed by atoms with E-state index >= 15 is 0 Å². The van der Waals surface area contributed by atoms with Gasteiger partial charge < -0.3 is 14.4 Å². The minimum atomic E-state index is -0.396. The predicted molar refractivity (Wildman–Crippen MR) is 67.1 cm³/mol. The topological polar surface area (TPSA) is 55.8 Å². The van der Waals surface area contributed by atoms with E-state index in [-0.39, 0.29) is 18.5 Å². The summed E-state index contributed by atoms with van der Waals surface area (Å²) in [6.45, 7) is 5.66. The number of piperidine rings is 1. The van der Waals surface area contributed by atoms with E-state index in [0.29, 0.717) is 32.6 Å². The van der Waals surface area contributed by atoms with Gasteiger partial charge in [0.25, 0.3) is 0 Å². The van der Waals surface area contributed by atoms with Crippen LogP contribution in [0.15, 0.2) is 0 Å². The van der Waals surface area contributed by atoms with Crippen LogP contribution in [-0.2, 0) is 19.1 Å². The zero-order valence-corrected chi connectivity index (χ0v) is 11.3. The first kappa shape index (κ1) is 15.0. The minimum Gasteiger partial charge on any atom is -0.462 e. The van der Waals surface area contributed by atoms with E-state index in [0.717, 1.165) is 12.8 Å². The van der Waals surface area contributed by atoms with E-state index in [9.17, 15) is 9.59 Å². The van der Waals surface area contributed by atoms with E-state index in [1.165, 1.54) is 0 Å². The zero-order chi connectivity index (χ0) is 13.4. The summed E-state index contributed by atoms with van der Waals surface area (Å²) in [5, 5.41) is 0. The first-order chi connectivity index (χ1) is 8.70. The molecule has 0 aromatic carbocycles. The number of rotatable bonds is 6. The second kappa shape index (κ2) is 8.08. The number of carbonyl (C=O) groups excluding carboxylic acids is 2. The third-order valence-electron chi connectivity index (χ3n) is 3.07. The van der Waals surface area contributed by atoms with Gasteiger partial charge >= 0.3 is 5.97 Å². The van der Waals surface area contributed by atoms with Crippen LogP contribution in [0, 0.1) is 0 Å². The molecule has 0 radical (unpaired) electrons. The number of likely N-dealkylation sites (tertiary alicyclic amines) is 1. The molecule has 1 amide bonds. The first-order valence-electron chi connectivity index (χ1n) is 6.74. The van der Waals surface area contributed by atoms with Crippen LogP contribution >= 0.6 is 0 Å². The fourth-order valence-corrected chi connectivity index (χ4v) is 2.12. The Morgan fingerprint density at radius 3 is 2.67 bits per heavy atom. The van der Waals surface area contributed by atoms with Crippen molar-refractivity contribution >= 4 is 11.9 Å². The van der Waals surface area contributed by atoms with Crippen LogP contribution in [0.25, 0.3) is 0 Å². The molecule has 0 aliphatic carbocycles. The molecule has 0 aromatic heterocycles. The molecule has 1 aliphatic heterocycles. The predicted octanol–water partition coefficient (Wildman–Crippen LogP) is 1.36. The van der Waals surface area contributed by atoms with Gasteiger partial charge in [-0.05, 0) is 26.2 Å². The lowest BCUT2D eigenvalue weighted by Gasteiger charge is -2.33. The summed E-state index contributed by atoms with van der Waals surface area (Å²) in [5.41, 5.74) is 0. The zero-order valence-electron chi connectivity index (χ0n) is 11.3. The van der Waals surface area contributed by atoms with Gasteiger partial charge in [-0.1, -0.05) is 6.92 Å². The molecule has 0 saturated carbocycles. The minimum absolute atomic E-state index is 0.0291. The standard InChI is InChI=1S/C13H23NO4/c1-3-12(15)14-8-6-5-7-11(14)13(16)18-10-9-17-4-2/h11H,3-10H2,1-2H3. The first-order valence-corrected chi connectivity index (χ1v) is 6.74. The van der Waals surface area contributed by atoms with Crippen LogP contribution in [0.1, 0.15) is 39.5 Å². The normalized spacial score (nSPS) is 19.7. The monoisotopic (exact) mass is 257 g/mol. The molecule has 5 heteroatoms. The van der Waals surface area contributed by atoms with Crippen molar-refractivity contribution in [2.45, 2.75) is 45.6 Å². The molecular weight excluding hydrogens is 234 g/mol. The fourth-order valence-electron chi connectivity index (χ4n) is 2.12. The highest BCUT2D eigenvalue weighted by molar-refractivity contribution is 5.84. The van der Waals surface area contributed by atoms with Gasteiger partial charge in [-0.2, -0.15) is 0 Å². The van der Waals surface area contributed by atoms with Gasteiger partial charge in [0.15, 0.2) is 0 Å². The van der Waals surface area contributed by atoms with Gasteiger partial charge in [0.05, 0.1) is 6.61 Å². The molecule has 1 heterocycles. The molecule has 0 N–H and O–H groups in total. The molecule has 1 rings (SSSR count). The van der Waals surface area contributed by atoms with Crippen molar-refractivity contribution in [3.05, 3.63) is 0 Å². The Morgan fingerprint density at radius 1 is 1.22 bits per heavy atom. The van der Waals surface area contributed by atoms with Crippen LogP contribution in [0.3, 0.4) is 0 Å². The molecule has 0 bridgehead atoms. The number of esters is 1. The summed E-state index contributed by atoms with van der Waals surface area (Å²) >= 11 is 0. The van der Waals surface area contributed by atoms with E-state index in [2.05, 4.69) is 0 Å². The van der Waals surface area contributed by atoms with E-state index in [1.807, 2.05) is 13.8 Å². The Bertz CT molecular complexity index is 280. The number of ether oxygens (including phenoxy) is 2. The van der Waals surface area contributed by atoms with Gasteiger partial charge in [-0.15, -0.1) is 0 Å². The van der Waals surface area contributed by atoms with Crippen molar-refractivity contribution in [2.24, 2.45) is 0 Å². The summed E-state index contributed by atoms with van der Waals surface area (Å²) in [7, 11) is 0. The molecule has 1 saturated heterocycles. The second-order valence-corrected chi connectivity index (χ2v) is 4.32. The summed E-state index contributed by atoms with van der Waals surface area (Å²) in [6, 6.07) is -0.396. The molecule has 1 fully saturated rings. The van der Waals surface area contributed by atoms with Crippen molar-refractivity contribution in [1.29, 1.82) is 0 Å². The highest BCUT2D eigenvalue weighted by Gasteiger charge is 2.32. The smallest absolute Gasteiger partial charge is 0.328 e. The quantitative estimate of drug-likeness (QED) is 0.532. The van der Waals surface area contributed by atoms with Crippen LogP contribution in [0.4, 0.5) is 0 Å². The molecule has 104 valence electrons. The van der Waals surface area contributed by atoms with Crippen LogP contribution in [0.5, 0.6) is 0 Å². The van der Waals surface area contributed by atoms with Crippen molar-refractivity contribution in [3.8, 4) is 0 Å². The Labute approximate surface area is 108 Å². The lowest BCUT2D eigenvalue weighted by atomic mass is 10.0. The van der Waals surface area contributed by atoms with E-state index in [4.69, 9.17) is 9.47 Å². The largest absolute Gasteiger partial charge is 0.462 e. The molecular formula is C13H23NO4. The van der Waals surface area contributed by atoms with Gasteiger partial charge in [0, 0.05) is 19.6 Å². The molecule has 1 aliphatic rings. The van der Waals surface area contributed by atoms with Gasteiger partial charge in [-0.25, -0.2) is 4.79 Å². The number of carbonyl (C=O) groups is 2. The lowest BCUT2D eigenvalue weighted by molar-refractivity contribution is -0.158. The summed E-state index contributed by atoms with van der Waals surface area (Å²) in [4.78, 5) is 25.3. The number of amides is 1. The van der Waals surface area contributed by atoms with E-state index < -0.39 is 6.04 Å². The van der Waals surface area contributed by atoms with Crippen molar-refractivity contribution < 1.29 is 19.1 Å². The maximum atomic E-state index is 11.9. The molecule has 0 aromatic rings. The number of hydrogen-bond acceptors (Lipinski definition) is 4. The molecule has 5 nitrogen and oxygen atoms in total. The summed E-state index contributed by atoms with van der Waals surface area (Å²) in [5.74, 6) is -0.266. The van der Waals surface area contributed by atoms with Crippen LogP contribution in [0.2, 0.25) is 0 Å². The third kappa shape index (κ3) is 4.29. The van der Waals surface area contributed by atoms with Gasteiger partial charge in [-0.3, -0.25) is 4.79 Å². The van der Waals surface area contributed by atoms with Crippen molar-refractivity contribution in [3.63, 3.8) is 0 Å². The molecule has 0 spiro atoms. The number of hydrogen-bond donors (Lipinski definition) is 0. The Hall–Kier alpha value is -1.10. The Kier molecular flexibility index (Phi) is 6.72. The van der Waals surface area contributed by atoms with Crippen LogP contribution in [-0.4, -0.2) is 49.2 Å². The van der Waals surface area contributed by atoms with Crippen LogP contribution < -0.4 is 0 Å². The molecule has 1 unspecified atom stereocenters. The third-order valence-corrected chi connectivity index (χ3v) is 3.07. The number of nitrogens with zero attached hydrogens (tertiary/aromatic N) is 1. The average molecular weight is 257 g/mol. The maximum Gasteiger partial charge on any atom is 0.328 e. The van der Waals surface area contributed by atoms with Crippen molar-refractivity contribution in [1.82, 2.24) is 4.90 Å². The second-order valence-electron chi connectivity index (χ2n) is 4.32. The van der Waals surface area contributed by atoms with Crippen molar-refractivity contribution in [2.75, 3.05) is 26.4 Å². The SMILES string of the molecule is CCOCCOC(=O)C1CCCCN1C(=O)CC. The summed E-state index contributed by atoms with van der Waals surface area (Å²) < 4.78 is 10.3. The fraction of sp³-hybridized carbons (Fsp3) is 0.846. The van der Waals surface area contributed by atoms with Gasteiger partial charge in [0.1, 0.15) is 12.6 Å². The Morgan fingerprint density at radius 2 is 2.00 bits per heavy atom.